The molecule has 0 spiro atoms. The van der Waals surface area contributed by atoms with E-state index in [2.05, 4.69) is 26.0 Å². The molecule has 2 heterocycles. The van der Waals surface area contributed by atoms with E-state index in [4.69, 9.17) is 4.74 Å². The third kappa shape index (κ3) is 5.27. The van der Waals surface area contributed by atoms with E-state index in [9.17, 15) is 23.2 Å². The van der Waals surface area contributed by atoms with Crippen LogP contribution in [0.4, 0.5) is 26.0 Å². The first kappa shape index (κ1) is 24.3. The summed E-state index contributed by atoms with van der Waals surface area (Å²) >= 11 is 0. The summed E-state index contributed by atoms with van der Waals surface area (Å²) in [4.78, 5) is 40.0. The number of rotatable bonds is 8. The molecule has 3 N–H and O–H groups in total. The van der Waals surface area contributed by atoms with Crippen LogP contribution in [0.2, 0.25) is 0 Å². The van der Waals surface area contributed by atoms with Crippen LogP contribution in [-0.2, 0) is 14.4 Å². The molecule has 2 aromatic carbocycles. The number of nitrogens with zero attached hydrogens (tertiary/aromatic N) is 3. The molecule has 0 fully saturated rings. The van der Waals surface area contributed by atoms with Crippen molar-refractivity contribution in [1.29, 1.82) is 0 Å². The fourth-order valence-corrected chi connectivity index (χ4v) is 3.03. The number of aromatic nitrogens is 3. The third-order valence-electron chi connectivity index (χ3n) is 5.15. The minimum absolute atomic E-state index is 0.108. The molecule has 0 atom stereocenters. The number of carbonyl (C=O) groups is 3. The average molecular weight is 494 g/mol. The van der Waals surface area contributed by atoms with Gasteiger partial charge in [-0.25, -0.2) is 18.3 Å². The van der Waals surface area contributed by atoms with Crippen LogP contribution in [0.1, 0.15) is 13.8 Å². The SMILES string of the molecule is CC(C)(C(=O)Nc1ccc(F)cc1)C(=O)Nc1ccc(Oc2ccc3nc(NC=O)cn3n2)cc1F. The highest BCUT2D eigenvalue weighted by atomic mass is 19.1. The van der Waals surface area contributed by atoms with Gasteiger partial charge in [0.25, 0.3) is 0 Å². The van der Waals surface area contributed by atoms with Crippen LogP contribution in [0.5, 0.6) is 11.6 Å². The standard InChI is InChI=1S/C24H20F2N6O4/c1-24(2,22(34)28-15-5-3-14(25)4-6-15)23(35)29-18-8-7-16(11-17(18)26)36-21-10-9-20-30-19(27-13-33)12-32(20)31-21/h3-13H,1-2H3,(H,27,33)(H,28,34)(H,29,35). The Kier molecular flexibility index (Phi) is 6.59. The van der Waals surface area contributed by atoms with Crippen molar-refractivity contribution < 1.29 is 27.9 Å². The van der Waals surface area contributed by atoms with Crippen LogP contribution < -0.4 is 20.7 Å². The fraction of sp³-hybridized carbons (Fsp3) is 0.125. The number of hydrogen-bond donors (Lipinski definition) is 3. The molecule has 0 aliphatic rings. The van der Waals surface area contributed by atoms with Crippen molar-refractivity contribution in [3.8, 4) is 11.6 Å². The van der Waals surface area contributed by atoms with Gasteiger partial charge >= 0.3 is 0 Å². The number of fused-ring (bicyclic) bond motifs is 1. The van der Waals surface area contributed by atoms with Gasteiger partial charge in [-0.05, 0) is 56.3 Å². The Balaban J connectivity index is 1.43. The second-order valence-corrected chi connectivity index (χ2v) is 8.15. The molecular formula is C24H20F2N6O4. The summed E-state index contributed by atoms with van der Waals surface area (Å²) in [7, 11) is 0. The first-order valence-electron chi connectivity index (χ1n) is 10.6. The zero-order chi connectivity index (χ0) is 25.9. The van der Waals surface area contributed by atoms with Gasteiger partial charge in [-0.2, -0.15) is 0 Å². The Morgan fingerprint density at radius 2 is 1.72 bits per heavy atom. The molecule has 0 aliphatic heterocycles. The van der Waals surface area contributed by atoms with Gasteiger partial charge in [-0.1, -0.05) is 0 Å². The molecule has 4 rings (SSSR count). The first-order valence-corrected chi connectivity index (χ1v) is 10.6. The number of benzene rings is 2. The summed E-state index contributed by atoms with van der Waals surface area (Å²) in [5.74, 6) is -2.12. The van der Waals surface area contributed by atoms with Gasteiger partial charge < -0.3 is 20.7 Å². The lowest BCUT2D eigenvalue weighted by molar-refractivity contribution is -0.135. The molecule has 3 amide bonds. The second-order valence-electron chi connectivity index (χ2n) is 8.15. The van der Waals surface area contributed by atoms with E-state index in [0.29, 0.717) is 23.6 Å². The molecule has 0 bridgehead atoms. The number of carbonyl (C=O) groups excluding carboxylic acids is 3. The molecule has 0 saturated carbocycles. The number of hydrogen-bond acceptors (Lipinski definition) is 6. The number of imidazole rings is 1. The molecule has 0 saturated heterocycles. The minimum Gasteiger partial charge on any atom is -0.437 e. The smallest absolute Gasteiger partial charge is 0.239 e. The summed E-state index contributed by atoms with van der Waals surface area (Å²) in [6, 6.07) is 12.0. The highest BCUT2D eigenvalue weighted by Crippen LogP contribution is 2.27. The van der Waals surface area contributed by atoms with Gasteiger partial charge in [0.1, 0.15) is 22.8 Å². The van der Waals surface area contributed by atoms with Crippen LogP contribution in [0, 0.1) is 17.0 Å². The second kappa shape index (κ2) is 9.78. The predicted molar refractivity (Wildman–Crippen MR) is 127 cm³/mol. The molecule has 184 valence electrons. The van der Waals surface area contributed by atoms with Crippen molar-refractivity contribution >= 4 is 41.1 Å². The fourth-order valence-electron chi connectivity index (χ4n) is 3.03. The third-order valence-corrected chi connectivity index (χ3v) is 5.15. The number of amides is 3. The van der Waals surface area contributed by atoms with Crippen LogP contribution >= 0.6 is 0 Å². The Morgan fingerprint density at radius 3 is 2.42 bits per heavy atom. The van der Waals surface area contributed by atoms with Gasteiger partial charge in [0.2, 0.25) is 24.1 Å². The molecule has 0 aliphatic carbocycles. The van der Waals surface area contributed by atoms with Crippen molar-refractivity contribution in [2.45, 2.75) is 13.8 Å². The summed E-state index contributed by atoms with van der Waals surface area (Å²) in [6.07, 6.45) is 1.96. The Hall–Kier alpha value is -4.87. The van der Waals surface area contributed by atoms with E-state index in [0.717, 1.165) is 6.07 Å². The Bertz CT molecular complexity index is 1450. The van der Waals surface area contributed by atoms with Crippen molar-refractivity contribution in [1.82, 2.24) is 14.6 Å². The summed E-state index contributed by atoms with van der Waals surface area (Å²) in [6.45, 7) is 2.76. The van der Waals surface area contributed by atoms with Crippen LogP contribution in [-0.4, -0.2) is 32.8 Å². The number of ether oxygens (including phenoxy) is 1. The molecule has 12 heteroatoms. The lowest BCUT2D eigenvalue weighted by Crippen LogP contribution is -2.41. The maximum atomic E-state index is 14.7. The number of anilines is 3. The summed E-state index contributed by atoms with van der Waals surface area (Å²) < 4.78 is 34.7. The molecule has 36 heavy (non-hydrogen) atoms. The van der Waals surface area contributed by atoms with Gasteiger partial charge in [0, 0.05) is 17.8 Å². The van der Waals surface area contributed by atoms with Crippen molar-refractivity contribution in [3.05, 3.63) is 72.4 Å². The molecule has 4 aromatic rings. The minimum atomic E-state index is -1.57. The zero-order valence-corrected chi connectivity index (χ0v) is 19.1. The van der Waals surface area contributed by atoms with Gasteiger partial charge in [-0.3, -0.25) is 14.4 Å². The van der Waals surface area contributed by atoms with Crippen molar-refractivity contribution in [3.63, 3.8) is 0 Å². The van der Waals surface area contributed by atoms with Gasteiger partial charge in [0.15, 0.2) is 11.5 Å². The molecule has 10 nitrogen and oxygen atoms in total. The van der Waals surface area contributed by atoms with Gasteiger partial charge in [-0.15, -0.1) is 5.10 Å². The first-order chi connectivity index (χ1) is 17.2. The molecule has 2 aromatic heterocycles. The normalized spacial score (nSPS) is 11.1. The van der Waals surface area contributed by atoms with Crippen LogP contribution in [0.25, 0.3) is 5.65 Å². The summed E-state index contributed by atoms with van der Waals surface area (Å²) in [5, 5.41) is 11.5. The number of nitrogens with one attached hydrogen (secondary N) is 3. The Morgan fingerprint density at radius 1 is 1.00 bits per heavy atom. The monoisotopic (exact) mass is 494 g/mol. The lowest BCUT2D eigenvalue weighted by Gasteiger charge is -2.23. The summed E-state index contributed by atoms with van der Waals surface area (Å²) in [5.41, 5.74) is -0.953. The van der Waals surface area contributed by atoms with E-state index in [1.807, 2.05) is 0 Å². The predicted octanol–water partition coefficient (Wildman–Crippen LogP) is 3.97. The Labute approximate surface area is 203 Å². The van der Waals surface area contributed by atoms with E-state index in [1.54, 1.807) is 6.07 Å². The molecule has 0 radical (unpaired) electrons. The lowest BCUT2D eigenvalue weighted by atomic mass is 9.90. The van der Waals surface area contributed by atoms with Crippen LogP contribution in [0.15, 0.2) is 60.8 Å². The topological polar surface area (TPSA) is 127 Å². The maximum Gasteiger partial charge on any atom is 0.239 e. The highest BCUT2D eigenvalue weighted by Gasteiger charge is 2.36. The molecule has 0 unspecified atom stereocenters. The van der Waals surface area contributed by atoms with E-state index < -0.39 is 28.9 Å². The van der Waals surface area contributed by atoms with E-state index >= 15 is 0 Å². The maximum absolute atomic E-state index is 14.7. The highest BCUT2D eigenvalue weighted by molar-refractivity contribution is 6.14. The van der Waals surface area contributed by atoms with Crippen molar-refractivity contribution in [2.75, 3.05) is 16.0 Å². The largest absolute Gasteiger partial charge is 0.437 e. The van der Waals surface area contributed by atoms with Crippen LogP contribution in [0.3, 0.4) is 0 Å². The van der Waals surface area contributed by atoms with E-state index in [-0.39, 0.29) is 17.3 Å². The number of halogens is 2. The van der Waals surface area contributed by atoms with Gasteiger partial charge in [0.05, 0.1) is 11.9 Å². The van der Waals surface area contributed by atoms with E-state index in [1.165, 1.54) is 67.0 Å². The van der Waals surface area contributed by atoms with Crippen molar-refractivity contribution in [2.24, 2.45) is 5.41 Å². The molecular weight excluding hydrogens is 474 g/mol. The quantitative estimate of drug-likeness (QED) is 0.251. The zero-order valence-electron chi connectivity index (χ0n) is 19.1. The average Bonchev–Trinajstić information content (AvgIpc) is 3.24.